The lowest BCUT2D eigenvalue weighted by Gasteiger charge is -2.10. The van der Waals surface area contributed by atoms with Crippen LogP contribution in [0.2, 0.25) is 5.02 Å². The van der Waals surface area contributed by atoms with Crippen LogP contribution in [-0.2, 0) is 17.9 Å². The van der Waals surface area contributed by atoms with Crippen molar-refractivity contribution in [3.8, 4) is 0 Å². The smallest absolute Gasteiger partial charge is 0.221 e. The van der Waals surface area contributed by atoms with Crippen molar-refractivity contribution in [2.45, 2.75) is 26.9 Å². The van der Waals surface area contributed by atoms with Gasteiger partial charge in [-0.15, -0.1) is 0 Å². The van der Waals surface area contributed by atoms with Gasteiger partial charge in [0.2, 0.25) is 5.91 Å². The van der Waals surface area contributed by atoms with E-state index in [1.54, 1.807) is 18.3 Å². The first-order valence-corrected chi connectivity index (χ1v) is 6.79. The number of benzene rings is 1. The lowest BCUT2D eigenvalue weighted by Crippen LogP contribution is -2.08. The normalized spacial score (nSPS) is 10.3. The van der Waals surface area contributed by atoms with Crippen molar-refractivity contribution in [3.63, 3.8) is 0 Å². The maximum absolute atomic E-state index is 11.0. The predicted molar refractivity (Wildman–Crippen MR) is 81.0 cm³/mol. The van der Waals surface area contributed by atoms with Gasteiger partial charge in [0.15, 0.2) is 0 Å². The lowest BCUT2D eigenvalue weighted by atomic mass is 10.2. The molecule has 0 radical (unpaired) electrons. The third-order valence-electron chi connectivity index (χ3n) is 2.86. The molecule has 2 rings (SSSR count). The van der Waals surface area contributed by atoms with E-state index < -0.39 is 0 Å². The van der Waals surface area contributed by atoms with Gasteiger partial charge < -0.3 is 10.6 Å². The van der Waals surface area contributed by atoms with Crippen LogP contribution in [0.25, 0.3) is 0 Å². The van der Waals surface area contributed by atoms with E-state index in [9.17, 15) is 4.79 Å². The number of carbonyl (C=O) groups is 1. The zero-order chi connectivity index (χ0) is 14.5. The summed E-state index contributed by atoms with van der Waals surface area (Å²) in [6.07, 6.45) is 1.79. The van der Waals surface area contributed by atoms with Crippen LogP contribution in [0, 0.1) is 0 Å². The number of hydrogen-bond acceptors (Lipinski definition) is 3. The van der Waals surface area contributed by atoms with E-state index in [1.807, 2.05) is 16.8 Å². The summed E-state index contributed by atoms with van der Waals surface area (Å²) in [6.45, 7) is 5.01. The molecule has 5 nitrogen and oxygen atoms in total. The molecule has 2 N–H and O–H groups in total. The highest BCUT2D eigenvalue weighted by Gasteiger charge is 2.04. The molecule has 1 heterocycles. The van der Waals surface area contributed by atoms with Gasteiger partial charge in [0.25, 0.3) is 0 Å². The highest BCUT2D eigenvalue weighted by atomic mass is 35.5. The molecule has 20 heavy (non-hydrogen) atoms. The minimum atomic E-state index is -0.139. The van der Waals surface area contributed by atoms with Crippen molar-refractivity contribution in [2.24, 2.45) is 0 Å². The first-order valence-electron chi connectivity index (χ1n) is 6.42. The first kappa shape index (κ1) is 14.4. The Bertz CT molecular complexity index is 609. The minimum absolute atomic E-state index is 0.139. The van der Waals surface area contributed by atoms with E-state index in [0.717, 1.165) is 17.9 Å². The van der Waals surface area contributed by atoms with Crippen molar-refractivity contribution >= 4 is 28.9 Å². The first-order chi connectivity index (χ1) is 9.60. The van der Waals surface area contributed by atoms with E-state index in [1.165, 1.54) is 6.92 Å². The van der Waals surface area contributed by atoms with Crippen LogP contribution in [0.3, 0.4) is 0 Å². The molecular weight excluding hydrogens is 276 g/mol. The predicted octanol–water partition coefficient (Wildman–Crippen LogP) is 3.13. The average molecular weight is 293 g/mol. The molecule has 2 aromatic rings. The number of carbonyl (C=O) groups excluding carboxylic acids is 1. The number of hydrogen-bond donors (Lipinski definition) is 2. The second kappa shape index (κ2) is 6.43. The lowest BCUT2D eigenvalue weighted by molar-refractivity contribution is -0.114. The number of anilines is 2. The molecule has 1 aromatic carbocycles. The fraction of sp³-hybridized carbons (Fsp3) is 0.286. The number of amides is 1. The molecule has 0 saturated heterocycles. The van der Waals surface area contributed by atoms with Gasteiger partial charge in [-0.3, -0.25) is 9.48 Å². The van der Waals surface area contributed by atoms with Gasteiger partial charge >= 0.3 is 0 Å². The second-order valence-electron chi connectivity index (χ2n) is 4.37. The molecule has 0 aliphatic rings. The largest absolute Gasteiger partial charge is 0.379 e. The average Bonchev–Trinajstić information content (AvgIpc) is 2.86. The summed E-state index contributed by atoms with van der Waals surface area (Å²) in [5.41, 5.74) is 2.62. The van der Waals surface area contributed by atoms with E-state index >= 15 is 0 Å². The summed E-state index contributed by atoms with van der Waals surface area (Å²) in [6, 6.07) is 7.43. The number of nitrogens with one attached hydrogen (secondary N) is 2. The van der Waals surface area contributed by atoms with Crippen molar-refractivity contribution in [3.05, 3.63) is 41.2 Å². The molecule has 1 aromatic heterocycles. The third kappa shape index (κ3) is 3.51. The molecule has 0 bridgehead atoms. The molecule has 0 unspecified atom stereocenters. The Hall–Kier alpha value is -2.01. The van der Waals surface area contributed by atoms with Crippen LogP contribution < -0.4 is 10.6 Å². The summed E-state index contributed by atoms with van der Waals surface area (Å²) < 4.78 is 1.93. The summed E-state index contributed by atoms with van der Waals surface area (Å²) in [4.78, 5) is 11.0. The third-order valence-corrected chi connectivity index (χ3v) is 3.17. The van der Waals surface area contributed by atoms with Crippen molar-refractivity contribution in [1.82, 2.24) is 9.78 Å². The van der Waals surface area contributed by atoms with Gasteiger partial charge in [-0.25, -0.2) is 0 Å². The van der Waals surface area contributed by atoms with Gasteiger partial charge in [-0.1, -0.05) is 11.6 Å². The summed E-state index contributed by atoms with van der Waals surface area (Å²) in [7, 11) is 0. The Morgan fingerprint density at radius 1 is 1.40 bits per heavy atom. The molecule has 0 saturated carbocycles. The van der Waals surface area contributed by atoms with E-state index in [4.69, 9.17) is 11.6 Å². The Kier molecular flexibility index (Phi) is 4.63. The summed E-state index contributed by atoms with van der Waals surface area (Å²) in [5.74, 6) is -0.139. The van der Waals surface area contributed by atoms with Crippen molar-refractivity contribution in [1.29, 1.82) is 0 Å². The topological polar surface area (TPSA) is 59.0 Å². The van der Waals surface area contributed by atoms with Gasteiger partial charge in [0, 0.05) is 25.4 Å². The van der Waals surface area contributed by atoms with Crippen LogP contribution in [0.1, 0.15) is 19.5 Å². The number of aryl methyl sites for hydroxylation is 1. The summed E-state index contributed by atoms with van der Waals surface area (Å²) >= 11 is 6.12. The molecule has 0 atom stereocenters. The molecule has 0 aliphatic heterocycles. The minimum Gasteiger partial charge on any atom is -0.379 e. The molecule has 0 spiro atoms. The second-order valence-corrected chi connectivity index (χ2v) is 4.77. The zero-order valence-corrected chi connectivity index (χ0v) is 12.2. The fourth-order valence-corrected chi connectivity index (χ4v) is 2.13. The van der Waals surface area contributed by atoms with E-state index in [0.29, 0.717) is 17.3 Å². The monoisotopic (exact) mass is 292 g/mol. The fourth-order valence-electron chi connectivity index (χ4n) is 1.90. The van der Waals surface area contributed by atoms with Crippen LogP contribution in [0.4, 0.5) is 11.4 Å². The van der Waals surface area contributed by atoms with Gasteiger partial charge in [-0.05, 0) is 31.2 Å². The zero-order valence-electron chi connectivity index (χ0n) is 11.5. The van der Waals surface area contributed by atoms with Crippen LogP contribution >= 0.6 is 11.6 Å². The SMILES string of the molecule is CCn1nccc1CNc1ccc(NC(C)=O)c(Cl)c1. The number of rotatable bonds is 5. The Morgan fingerprint density at radius 3 is 2.85 bits per heavy atom. The highest BCUT2D eigenvalue weighted by molar-refractivity contribution is 6.34. The Labute approximate surface area is 122 Å². The molecule has 0 fully saturated rings. The van der Waals surface area contributed by atoms with Crippen molar-refractivity contribution in [2.75, 3.05) is 10.6 Å². The molecular formula is C14H17ClN4O. The maximum atomic E-state index is 11.0. The maximum Gasteiger partial charge on any atom is 0.221 e. The molecule has 6 heteroatoms. The van der Waals surface area contributed by atoms with Crippen LogP contribution in [0.15, 0.2) is 30.5 Å². The summed E-state index contributed by atoms with van der Waals surface area (Å²) in [5, 5.41) is 10.7. The van der Waals surface area contributed by atoms with Crippen LogP contribution in [-0.4, -0.2) is 15.7 Å². The van der Waals surface area contributed by atoms with Gasteiger partial charge in [0.1, 0.15) is 0 Å². The Balaban J connectivity index is 2.03. The molecule has 0 aliphatic carbocycles. The highest BCUT2D eigenvalue weighted by Crippen LogP contribution is 2.25. The Morgan fingerprint density at radius 2 is 2.20 bits per heavy atom. The molecule has 1 amide bonds. The quantitative estimate of drug-likeness (QED) is 0.890. The van der Waals surface area contributed by atoms with Crippen molar-refractivity contribution < 1.29 is 4.79 Å². The number of nitrogens with zero attached hydrogens (tertiary/aromatic N) is 2. The molecule has 106 valence electrons. The van der Waals surface area contributed by atoms with Gasteiger partial charge in [0.05, 0.1) is 22.9 Å². The number of aromatic nitrogens is 2. The van der Waals surface area contributed by atoms with Gasteiger partial charge in [-0.2, -0.15) is 5.10 Å². The van der Waals surface area contributed by atoms with Crippen LogP contribution in [0.5, 0.6) is 0 Å². The van der Waals surface area contributed by atoms with E-state index in [2.05, 4.69) is 22.7 Å². The van der Waals surface area contributed by atoms with E-state index in [-0.39, 0.29) is 5.91 Å². The number of halogens is 1. The standard InChI is InChI=1S/C14H17ClN4O/c1-3-19-12(6-7-17-19)9-16-11-4-5-14(13(15)8-11)18-10(2)20/h4-8,16H,3,9H2,1-2H3,(H,18,20).